The van der Waals surface area contributed by atoms with Gasteiger partial charge in [-0.05, 0) is 37.6 Å². The number of anilines is 1. The number of benzene rings is 1. The Hall–Kier alpha value is -2.63. The largest absolute Gasteiger partial charge is 0.439 e. The van der Waals surface area contributed by atoms with Gasteiger partial charge in [-0.2, -0.15) is 4.98 Å². The number of primary amides is 1. The molecule has 1 aromatic heterocycles. The number of nitrogens with two attached hydrogens (primary N) is 2. The van der Waals surface area contributed by atoms with E-state index in [0.29, 0.717) is 34.4 Å². The molecule has 0 aliphatic heterocycles. The summed E-state index contributed by atoms with van der Waals surface area (Å²) in [5, 5.41) is 0. The molecule has 0 aliphatic rings. The van der Waals surface area contributed by atoms with Crippen LogP contribution in [0.4, 0.5) is 5.82 Å². The highest BCUT2D eigenvalue weighted by Gasteiger charge is 2.11. The van der Waals surface area contributed by atoms with Gasteiger partial charge in [0, 0.05) is 12.0 Å². The second-order valence-electron chi connectivity index (χ2n) is 4.70. The van der Waals surface area contributed by atoms with Crippen molar-refractivity contribution in [3.05, 3.63) is 41.2 Å². The van der Waals surface area contributed by atoms with Gasteiger partial charge in [-0.3, -0.25) is 4.79 Å². The number of carbonyl (C=O) groups excluding carboxylic acids is 1. The zero-order valence-corrected chi connectivity index (χ0v) is 12.1. The topological polar surface area (TPSA) is 104 Å². The highest BCUT2D eigenvalue weighted by Crippen LogP contribution is 2.26. The lowest BCUT2D eigenvalue weighted by Crippen LogP contribution is -2.10. The van der Waals surface area contributed by atoms with Crippen LogP contribution in [0.1, 0.15) is 35.1 Å². The van der Waals surface area contributed by atoms with E-state index >= 15 is 0 Å². The molecule has 1 aromatic carbocycles. The zero-order chi connectivity index (χ0) is 15.4. The molecule has 0 saturated heterocycles. The molecule has 1 amide bonds. The van der Waals surface area contributed by atoms with Crippen LogP contribution < -0.4 is 16.2 Å². The van der Waals surface area contributed by atoms with Gasteiger partial charge in [-0.1, -0.05) is 6.92 Å². The summed E-state index contributed by atoms with van der Waals surface area (Å²) in [4.78, 5) is 19.6. The van der Waals surface area contributed by atoms with Gasteiger partial charge >= 0.3 is 0 Å². The van der Waals surface area contributed by atoms with Crippen molar-refractivity contribution in [1.29, 1.82) is 0 Å². The number of aryl methyl sites for hydroxylation is 1. The Labute approximate surface area is 123 Å². The Morgan fingerprint density at radius 3 is 2.48 bits per heavy atom. The quantitative estimate of drug-likeness (QED) is 0.876. The summed E-state index contributed by atoms with van der Waals surface area (Å²) in [6, 6.07) is 6.53. The second kappa shape index (κ2) is 6.21. The monoisotopic (exact) mass is 286 g/mol. The molecule has 0 spiro atoms. The molecule has 0 atom stereocenters. The summed E-state index contributed by atoms with van der Waals surface area (Å²) >= 11 is 0. The summed E-state index contributed by atoms with van der Waals surface area (Å²) in [5.74, 6) is 1.58. The van der Waals surface area contributed by atoms with Gasteiger partial charge < -0.3 is 16.2 Å². The molecule has 0 aliphatic carbocycles. The molecule has 0 unspecified atom stereocenters. The van der Waals surface area contributed by atoms with E-state index in [1.165, 1.54) is 0 Å². The van der Waals surface area contributed by atoms with Gasteiger partial charge in [0.2, 0.25) is 11.8 Å². The minimum atomic E-state index is -0.478. The van der Waals surface area contributed by atoms with E-state index < -0.39 is 5.91 Å². The molecule has 6 nitrogen and oxygen atoms in total. The van der Waals surface area contributed by atoms with Crippen molar-refractivity contribution < 1.29 is 9.53 Å². The number of nitrogen functional groups attached to an aromatic ring is 1. The first-order valence-corrected chi connectivity index (χ1v) is 6.72. The van der Waals surface area contributed by atoms with Crippen LogP contribution in [0.15, 0.2) is 24.3 Å². The number of nitrogens with zero attached hydrogens (tertiary/aromatic N) is 2. The maximum atomic E-state index is 11.0. The highest BCUT2D eigenvalue weighted by atomic mass is 16.5. The molecular formula is C15H18N4O2. The molecule has 21 heavy (non-hydrogen) atoms. The number of rotatable bonds is 5. The summed E-state index contributed by atoms with van der Waals surface area (Å²) in [7, 11) is 0. The van der Waals surface area contributed by atoms with E-state index in [1.54, 1.807) is 31.2 Å². The molecule has 2 aromatic rings. The van der Waals surface area contributed by atoms with E-state index in [0.717, 1.165) is 12.8 Å². The first-order valence-electron chi connectivity index (χ1n) is 6.72. The molecule has 0 fully saturated rings. The predicted octanol–water partition coefficient (Wildman–Crippen LogP) is 2.21. The molecule has 1 heterocycles. The third-order valence-corrected chi connectivity index (χ3v) is 3.01. The fraction of sp³-hybridized carbons (Fsp3) is 0.267. The first-order chi connectivity index (χ1) is 10.0. The minimum Gasteiger partial charge on any atom is -0.439 e. The number of hydrogen-bond donors (Lipinski definition) is 2. The Morgan fingerprint density at radius 1 is 1.24 bits per heavy atom. The molecule has 2 rings (SSSR count). The number of carbonyl (C=O) groups is 1. The molecule has 110 valence electrons. The van der Waals surface area contributed by atoms with Gasteiger partial charge in [0.05, 0.1) is 5.56 Å². The Bertz CT molecular complexity index is 653. The SMILES string of the molecule is CCCc1nc(N)c(C)c(Oc2ccc(C(N)=O)cc2)n1. The van der Waals surface area contributed by atoms with Crippen molar-refractivity contribution in [3.63, 3.8) is 0 Å². The summed E-state index contributed by atoms with van der Waals surface area (Å²) < 4.78 is 5.73. The maximum Gasteiger partial charge on any atom is 0.248 e. The van der Waals surface area contributed by atoms with Crippen LogP contribution in [0, 0.1) is 6.92 Å². The van der Waals surface area contributed by atoms with Crippen molar-refractivity contribution in [2.45, 2.75) is 26.7 Å². The number of hydrogen-bond acceptors (Lipinski definition) is 5. The van der Waals surface area contributed by atoms with Gasteiger partial charge in [0.15, 0.2) is 0 Å². The number of amides is 1. The van der Waals surface area contributed by atoms with Crippen LogP contribution in [-0.2, 0) is 6.42 Å². The average molecular weight is 286 g/mol. The summed E-state index contributed by atoms with van der Waals surface area (Å²) in [5.41, 5.74) is 12.2. The van der Waals surface area contributed by atoms with Crippen molar-refractivity contribution in [3.8, 4) is 11.6 Å². The zero-order valence-electron chi connectivity index (χ0n) is 12.1. The first kappa shape index (κ1) is 14.8. The van der Waals surface area contributed by atoms with E-state index in [9.17, 15) is 4.79 Å². The van der Waals surface area contributed by atoms with Crippen LogP contribution in [0.25, 0.3) is 0 Å². The standard InChI is InChI=1S/C15H18N4O2/c1-3-4-12-18-13(16)9(2)15(19-12)21-11-7-5-10(6-8-11)14(17)20/h5-8H,3-4H2,1-2H3,(H2,17,20)(H2,16,18,19). The lowest BCUT2D eigenvalue weighted by atomic mass is 10.2. The minimum absolute atomic E-state index is 0.414. The van der Waals surface area contributed by atoms with Crippen molar-refractivity contribution >= 4 is 11.7 Å². The molecular weight excluding hydrogens is 268 g/mol. The van der Waals surface area contributed by atoms with Crippen LogP contribution in [-0.4, -0.2) is 15.9 Å². The smallest absolute Gasteiger partial charge is 0.248 e. The van der Waals surface area contributed by atoms with Gasteiger partial charge in [-0.25, -0.2) is 4.98 Å². The van der Waals surface area contributed by atoms with E-state index in [1.807, 2.05) is 6.92 Å². The number of ether oxygens (including phenoxy) is 1. The number of aromatic nitrogens is 2. The van der Waals surface area contributed by atoms with Gasteiger partial charge in [0.25, 0.3) is 0 Å². The van der Waals surface area contributed by atoms with Crippen molar-refractivity contribution in [2.24, 2.45) is 5.73 Å². The summed E-state index contributed by atoms with van der Waals surface area (Å²) in [6.07, 6.45) is 1.66. The lowest BCUT2D eigenvalue weighted by Gasteiger charge is -2.11. The molecule has 0 bridgehead atoms. The van der Waals surface area contributed by atoms with Crippen molar-refractivity contribution in [2.75, 3.05) is 5.73 Å². The third-order valence-electron chi connectivity index (χ3n) is 3.01. The average Bonchev–Trinajstić information content (AvgIpc) is 2.45. The van der Waals surface area contributed by atoms with Gasteiger partial charge in [-0.15, -0.1) is 0 Å². The van der Waals surface area contributed by atoms with Gasteiger partial charge in [0.1, 0.15) is 17.4 Å². The molecule has 0 radical (unpaired) electrons. The molecule has 0 saturated carbocycles. The molecule has 6 heteroatoms. The molecule has 4 N–H and O–H groups in total. The Kier molecular flexibility index (Phi) is 4.37. The van der Waals surface area contributed by atoms with Crippen molar-refractivity contribution in [1.82, 2.24) is 9.97 Å². The normalized spacial score (nSPS) is 10.4. The summed E-state index contributed by atoms with van der Waals surface area (Å²) in [6.45, 7) is 3.85. The lowest BCUT2D eigenvalue weighted by molar-refractivity contribution is 0.100. The van der Waals surface area contributed by atoms with E-state index in [4.69, 9.17) is 16.2 Å². The fourth-order valence-corrected chi connectivity index (χ4v) is 1.79. The maximum absolute atomic E-state index is 11.0. The van der Waals surface area contributed by atoms with E-state index in [-0.39, 0.29) is 0 Å². The highest BCUT2D eigenvalue weighted by molar-refractivity contribution is 5.92. The van der Waals surface area contributed by atoms with Crippen LogP contribution in [0.3, 0.4) is 0 Å². The van der Waals surface area contributed by atoms with Crippen LogP contribution in [0.5, 0.6) is 11.6 Å². The Balaban J connectivity index is 2.27. The van der Waals surface area contributed by atoms with E-state index in [2.05, 4.69) is 9.97 Å². The predicted molar refractivity (Wildman–Crippen MR) is 80.2 cm³/mol. The second-order valence-corrected chi connectivity index (χ2v) is 4.70. The Morgan fingerprint density at radius 2 is 1.90 bits per heavy atom. The third kappa shape index (κ3) is 3.47. The fourth-order valence-electron chi connectivity index (χ4n) is 1.79. The van der Waals surface area contributed by atoms with Crippen LogP contribution >= 0.6 is 0 Å². The van der Waals surface area contributed by atoms with Crippen LogP contribution in [0.2, 0.25) is 0 Å².